The summed E-state index contributed by atoms with van der Waals surface area (Å²) in [5, 5.41) is 0. The minimum absolute atomic E-state index is 0.199. The molecule has 0 aromatic heterocycles. The Morgan fingerprint density at radius 2 is 2.00 bits per heavy atom. The molecule has 1 atom stereocenters. The number of alkyl halides is 1. The number of hydrogen-bond acceptors (Lipinski definition) is 1. The number of carbonyl (C=O) groups is 1. The molecule has 0 N–H and O–H groups in total. The van der Waals surface area contributed by atoms with Crippen LogP contribution < -0.4 is 4.90 Å². The summed E-state index contributed by atoms with van der Waals surface area (Å²) in [6, 6.07) is 6.50. The molecule has 19 heavy (non-hydrogen) atoms. The second kappa shape index (κ2) is 4.62. The average molecular weight is 322 g/mol. The molecule has 1 fully saturated rings. The van der Waals surface area contributed by atoms with Crippen molar-refractivity contribution in [1.29, 1.82) is 0 Å². The molecule has 0 radical (unpaired) electrons. The van der Waals surface area contributed by atoms with Crippen LogP contribution in [0.25, 0.3) is 0 Å². The fraction of sp³-hybridized carbons (Fsp3) is 0.562. The van der Waals surface area contributed by atoms with Gasteiger partial charge in [0, 0.05) is 17.6 Å². The zero-order chi connectivity index (χ0) is 13.6. The van der Waals surface area contributed by atoms with Crippen molar-refractivity contribution < 1.29 is 4.79 Å². The van der Waals surface area contributed by atoms with E-state index in [2.05, 4.69) is 41.1 Å². The maximum absolute atomic E-state index is 11.7. The third-order valence-corrected chi connectivity index (χ3v) is 6.46. The largest absolute Gasteiger partial charge is 0.315 e. The lowest BCUT2D eigenvalue weighted by Gasteiger charge is -2.30. The van der Waals surface area contributed by atoms with Crippen LogP contribution in [0.2, 0.25) is 0 Å². The van der Waals surface area contributed by atoms with Gasteiger partial charge in [-0.2, -0.15) is 0 Å². The maximum Gasteiger partial charge on any atom is 0.231 e. The standard InChI is InChI=1S/C16H20BrNO/c1-16(7-3-4-8-16)15(17)11-5-6-13-12(9-11)10-14(19)18(13)2/h5-6,9,15H,3-4,7-8,10H2,1-2H3. The molecule has 3 rings (SSSR count). The van der Waals surface area contributed by atoms with Crippen LogP contribution in [0.1, 0.15) is 48.6 Å². The molecule has 1 aromatic rings. The van der Waals surface area contributed by atoms with Gasteiger partial charge in [0.2, 0.25) is 5.91 Å². The van der Waals surface area contributed by atoms with Gasteiger partial charge >= 0.3 is 0 Å². The summed E-state index contributed by atoms with van der Waals surface area (Å²) in [4.78, 5) is 13.9. The first-order valence-electron chi connectivity index (χ1n) is 7.05. The van der Waals surface area contributed by atoms with Crippen LogP contribution in [0.3, 0.4) is 0 Å². The Morgan fingerprint density at radius 3 is 2.68 bits per heavy atom. The van der Waals surface area contributed by atoms with Crippen molar-refractivity contribution in [3.8, 4) is 0 Å². The molecule has 3 heteroatoms. The van der Waals surface area contributed by atoms with Gasteiger partial charge in [-0.25, -0.2) is 0 Å². The minimum atomic E-state index is 0.199. The maximum atomic E-state index is 11.7. The van der Waals surface area contributed by atoms with Crippen LogP contribution in [0, 0.1) is 5.41 Å². The van der Waals surface area contributed by atoms with Gasteiger partial charge in [-0.05, 0) is 35.4 Å². The predicted octanol–water partition coefficient (Wildman–Crippen LogP) is 4.22. The second-order valence-electron chi connectivity index (χ2n) is 6.24. The monoisotopic (exact) mass is 321 g/mol. The highest BCUT2D eigenvalue weighted by Crippen LogP contribution is 2.52. The first-order valence-corrected chi connectivity index (χ1v) is 7.96. The molecule has 1 aliphatic carbocycles. The van der Waals surface area contributed by atoms with E-state index in [0.717, 1.165) is 5.69 Å². The zero-order valence-corrected chi connectivity index (χ0v) is 13.2. The van der Waals surface area contributed by atoms with E-state index in [4.69, 9.17) is 0 Å². The number of likely N-dealkylation sites (N-methyl/N-ethyl adjacent to an activating group) is 1. The van der Waals surface area contributed by atoms with Crippen LogP contribution in [0.4, 0.5) is 5.69 Å². The summed E-state index contributed by atoms with van der Waals surface area (Å²) >= 11 is 3.91. The summed E-state index contributed by atoms with van der Waals surface area (Å²) in [7, 11) is 1.86. The van der Waals surface area contributed by atoms with E-state index < -0.39 is 0 Å². The molecule has 1 amide bonds. The molecule has 1 aromatic carbocycles. The highest BCUT2D eigenvalue weighted by molar-refractivity contribution is 9.09. The Balaban J connectivity index is 1.91. The van der Waals surface area contributed by atoms with Crippen molar-refractivity contribution >= 4 is 27.5 Å². The smallest absolute Gasteiger partial charge is 0.231 e. The number of benzene rings is 1. The van der Waals surface area contributed by atoms with Crippen molar-refractivity contribution in [3.05, 3.63) is 29.3 Å². The molecule has 102 valence electrons. The van der Waals surface area contributed by atoms with Gasteiger partial charge in [0.25, 0.3) is 0 Å². The number of fused-ring (bicyclic) bond motifs is 1. The highest BCUT2D eigenvalue weighted by Gasteiger charge is 2.37. The average Bonchev–Trinajstić information content (AvgIpc) is 2.95. The fourth-order valence-electron chi connectivity index (χ4n) is 3.49. The summed E-state index contributed by atoms with van der Waals surface area (Å²) in [6.45, 7) is 2.38. The molecular formula is C16H20BrNO. The molecular weight excluding hydrogens is 302 g/mol. The number of rotatable bonds is 2. The van der Waals surface area contributed by atoms with Gasteiger partial charge in [-0.3, -0.25) is 4.79 Å². The Labute approximate surface area is 123 Å². The van der Waals surface area contributed by atoms with Crippen LogP contribution in [0.5, 0.6) is 0 Å². The van der Waals surface area contributed by atoms with Crippen LogP contribution >= 0.6 is 15.9 Å². The van der Waals surface area contributed by atoms with Crippen LogP contribution in [-0.2, 0) is 11.2 Å². The molecule has 2 nitrogen and oxygen atoms in total. The first kappa shape index (κ1) is 13.2. The van der Waals surface area contributed by atoms with E-state index in [1.54, 1.807) is 4.90 Å². The third kappa shape index (κ3) is 2.12. The number of anilines is 1. The fourth-order valence-corrected chi connectivity index (χ4v) is 4.23. The number of carbonyl (C=O) groups excluding carboxylic acids is 1. The summed E-state index contributed by atoms with van der Waals surface area (Å²) in [5.41, 5.74) is 3.94. The van der Waals surface area contributed by atoms with Crippen molar-refractivity contribution in [1.82, 2.24) is 0 Å². The normalized spacial score (nSPS) is 22.7. The van der Waals surface area contributed by atoms with Gasteiger partial charge in [0.1, 0.15) is 0 Å². The molecule has 2 aliphatic rings. The Hall–Kier alpha value is -0.830. The Morgan fingerprint density at radius 1 is 1.32 bits per heavy atom. The van der Waals surface area contributed by atoms with Gasteiger partial charge in [-0.15, -0.1) is 0 Å². The molecule has 1 aliphatic heterocycles. The number of halogens is 1. The SMILES string of the molecule is CN1C(=O)Cc2cc(C(Br)C3(C)CCCC3)ccc21. The second-order valence-corrected chi connectivity index (χ2v) is 7.16. The van der Waals surface area contributed by atoms with Crippen molar-refractivity contribution in [3.63, 3.8) is 0 Å². The van der Waals surface area contributed by atoms with Gasteiger partial charge < -0.3 is 4.90 Å². The first-order chi connectivity index (χ1) is 9.01. The van der Waals surface area contributed by atoms with E-state index in [1.165, 1.54) is 36.8 Å². The van der Waals surface area contributed by atoms with Gasteiger partial charge in [-0.1, -0.05) is 47.8 Å². The molecule has 1 heterocycles. The topological polar surface area (TPSA) is 20.3 Å². The van der Waals surface area contributed by atoms with Gasteiger partial charge in [0.15, 0.2) is 0 Å². The van der Waals surface area contributed by atoms with E-state index in [9.17, 15) is 4.79 Å². The lowest BCUT2D eigenvalue weighted by Crippen LogP contribution is -2.20. The molecule has 0 saturated heterocycles. The van der Waals surface area contributed by atoms with Crippen molar-refractivity contribution in [2.75, 3.05) is 11.9 Å². The molecule has 1 unspecified atom stereocenters. The minimum Gasteiger partial charge on any atom is -0.315 e. The lowest BCUT2D eigenvalue weighted by molar-refractivity contribution is -0.117. The van der Waals surface area contributed by atoms with Crippen molar-refractivity contribution in [2.45, 2.75) is 43.9 Å². The number of amides is 1. The lowest BCUT2D eigenvalue weighted by atomic mass is 9.81. The number of hydrogen-bond donors (Lipinski definition) is 0. The Kier molecular flexibility index (Phi) is 3.20. The highest BCUT2D eigenvalue weighted by atomic mass is 79.9. The van der Waals surface area contributed by atoms with Crippen LogP contribution in [-0.4, -0.2) is 13.0 Å². The number of nitrogens with zero attached hydrogens (tertiary/aromatic N) is 1. The summed E-state index contributed by atoms with van der Waals surface area (Å²) in [5.74, 6) is 0.199. The van der Waals surface area contributed by atoms with Gasteiger partial charge in [0.05, 0.1) is 6.42 Å². The molecule has 0 spiro atoms. The summed E-state index contributed by atoms with van der Waals surface area (Å²) < 4.78 is 0. The quantitative estimate of drug-likeness (QED) is 0.747. The molecule has 1 saturated carbocycles. The third-order valence-electron chi connectivity index (χ3n) is 4.83. The van der Waals surface area contributed by atoms with E-state index in [0.29, 0.717) is 16.7 Å². The summed E-state index contributed by atoms with van der Waals surface area (Å²) in [6.07, 6.45) is 5.81. The van der Waals surface area contributed by atoms with E-state index in [-0.39, 0.29) is 5.91 Å². The van der Waals surface area contributed by atoms with Crippen LogP contribution in [0.15, 0.2) is 18.2 Å². The van der Waals surface area contributed by atoms with E-state index >= 15 is 0 Å². The zero-order valence-electron chi connectivity index (χ0n) is 11.6. The van der Waals surface area contributed by atoms with E-state index in [1.807, 2.05) is 7.05 Å². The predicted molar refractivity (Wildman–Crippen MR) is 81.8 cm³/mol. The Bertz CT molecular complexity index is 519. The molecule has 0 bridgehead atoms. The van der Waals surface area contributed by atoms with Crippen molar-refractivity contribution in [2.24, 2.45) is 5.41 Å².